The number of ketones is 1. The first-order valence-corrected chi connectivity index (χ1v) is 10.9. The van der Waals surface area contributed by atoms with Crippen LogP contribution in [0.15, 0.2) is 0 Å². The van der Waals surface area contributed by atoms with Gasteiger partial charge in [-0.1, -0.05) is 41.0 Å². The van der Waals surface area contributed by atoms with E-state index in [0.29, 0.717) is 24.0 Å². The van der Waals surface area contributed by atoms with E-state index in [1.54, 1.807) is 0 Å². The molecule has 1 saturated heterocycles. The summed E-state index contributed by atoms with van der Waals surface area (Å²) in [7, 11) is 0. The standard InChI is InChI=1S/C23H38O4/c1-15(16-11-12-17-18(24)10-8-13-22(16,17)5)9-7-14-23(6)19(25)26-20(27-23)21(2,3)4/h15-17,20H,7-14H2,1-6H3/t15-,16-,17+,20-,22-,23-/m1/s1. The molecule has 0 N–H and O–H groups in total. The predicted molar refractivity (Wildman–Crippen MR) is 105 cm³/mol. The Morgan fingerprint density at radius 1 is 1.19 bits per heavy atom. The first-order chi connectivity index (χ1) is 12.5. The van der Waals surface area contributed by atoms with Gasteiger partial charge in [0.25, 0.3) is 0 Å². The van der Waals surface area contributed by atoms with Crippen molar-refractivity contribution in [1.82, 2.24) is 0 Å². The molecule has 3 rings (SSSR count). The lowest BCUT2D eigenvalue weighted by atomic mass is 9.62. The Morgan fingerprint density at radius 3 is 2.52 bits per heavy atom. The monoisotopic (exact) mass is 378 g/mol. The van der Waals surface area contributed by atoms with Crippen molar-refractivity contribution in [3.8, 4) is 0 Å². The summed E-state index contributed by atoms with van der Waals surface area (Å²) in [6.45, 7) is 12.7. The zero-order chi connectivity index (χ0) is 20.0. The molecule has 6 atom stereocenters. The molecule has 2 aliphatic carbocycles. The first-order valence-electron chi connectivity index (χ1n) is 10.9. The molecular weight excluding hydrogens is 340 g/mol. The van der Waals surface area contributed by atoms with Crippen molar-refractivity contribution in [2.24, 2.45) is 28.6 Å². The highest BCUT2D eigenvalue weighted by Gasteiger charge is 2.53. The fourth-order valence-corrected chi connectivity index (χ4v) is 5.91. The molecule has 1 aliphatic heterocycles. The molecule has 4 nitrogen and oxygen atoms in total. The van der Waals surface area contributed by atoms with E-state index in [4.69, 9.17) is 9.47 Å². The summed E-state index contributed by atoms with van der Waals surface area (Å²) >= 11 is 0. The van der Waals surface area contributed by atoms with Gasteiger partial charge in [-0.05, 0) is 62.7 Å². The quantitative estimate of drug-likeness (QED) is 0.611. The molecule has 0 aromatic carbocycles. The van der Waals surface area contributed by atoms with Crippen molar-refractivity contribution in [1.29, 1.82) is 0 Å². The van der Waals surface area contributed by atoms with Crippen LogP contribution in [0.1, 0.15) is 92.9 Å². The Morgan fingerprint density at radius 2 is 1.89 bits per heavy atom. The molecule has 0 aromatic heterocycles. The first kappa shape index (κ1) is 20.8. The molecule has 4 heteroatoms. The molecule has 0 unspecified atom stereocenters. The molecule has 1 heterocycles. The lowest BCUT2D eigenvalue weighted by Crippen LogP contribution is -2.39. The minimum absolute atomic E-state index is 0.193. The summed E-state index contributed by atoms with van der Waals surface area (Å²) in [6.07, 6.45) is 7.56. The number of cyclic esters (lactones) is 1. The van der Waals surface area contributed by atoms with Crippen molar-refractivity contribution in [2.45, 2.75) is 105 Å². The number of esters is 1. The fraction of sp³-hybridized carbons (Fsp3) is 0.913. The van der Waals surface area contributed by atoms with Gasteiger partial charge < -0.3 is 9.47 Å². The van der Waals surface area contributed by atoms with E-state index in [9.17, 15) is 9.59 Å². The molecule has 0 amide bonds. The lowest BCUT2D eigenvalue weighted by molar-refractivity contribution is -0.155. The Hall–Kier alpha value is -0.900. The molecule has 0 bridgehead atoms. The van der Waals surface area contributed by atoms with Gasteiger partial charge in [0.1, 0.15) is 5.78 Å². The number of carbonyl (C=O) groups excluding carboxylic acids is 2. The van der Waals surface area contributed by atoms with Gasteiger partial charge in [-0.3, -0.25) is 4.79 Å². The molecule has 0 aromatic rings. The van der Waals surface area contributed by atoms with Gasteiger partial charge in [-0.2, -0.15) is 0 Å². The number of ether oxygens (including phenoxy) is 2. The highest BCUT2D eigenvalue weighted by Crippen LogP contribution is 2.57. The highest BCUT2D eigenvalue weighted by atomic mass is 16.8. The van der Waals surface area contributed by atoms with Crippen LogP contribution >= 0.6 is 0 Å². The van der Waals surface area contributed by atoms with Crippen LogP contribution in [0.25, 0.3) is 0 Å². The summed E-state index contributed by atoms with van der Waals surface area (Å²) in [6, 6.07) is 0. The number of Topliss-reactive ketones (excluding diaryl/α,β-unsaturated/α-hetero) is 1. The van der Waals surface area contributed by atoms with Gasteiger partial charge in [0.2, 0.25) is 6.29 Å². The zero-order valence-corrected chi connectivity index (χ0v) is 18.1. The number of carbonyl (C=O) groups is 2. The van der Waals surface area contributed by atoms with Gasteiger partial charge >= 0.3 is 5.97 Å². The zero-order valence-electron chi connectivity index (χ0n) is 18.1. The molecule has 154 valence electrons. The summed E-state index contributed by atoms with van der Waals surface area (Å²) in [5.41, 5.74) is -0.832. The number of hydrogen-bond donors (Lipinski definition) is 0. The highest BCUT2D eigenvalue weighted by molar-refractivity contribution is 5.83. The van der Waals surface area contributed by atoms with Crippen LogP contribution in [0.5, 0.6) is 0 Å². The van der Waals surface area contributed by atoms with Crippen LogP contribution in [0.4, 0.5) is 0 Å². The van der Waals surface area contributed by atoms with Crippen LogP contribution in [0.3, 0.4) is 0 Å². The summed E-state index contributed by atoms with van der Waals surface area (Å²) in [5, 5.41) is 0. The van der Waals surface area contributed by atoms with E-state index < -0.39 is 11.9 Å². The third-order valence-corrected chi connectivity index (χ3v) is 7.66. The molecular formula is C23H38O4. The van der Waals surface area contributed by atoms with E-state index >= 15 is 0 Å². The average molecular weight is 379 g/mol. The van der Waals surface area contributed by atoms with Crippen LogP contribution in [0.2, 0.25) is 0 Å². The van der Waals surface area contributed by atoms with Gasteiger partial charge in [-0.25, -0.2) is 4.79 Å². The summed E-state index contributed by atoms with van der Waals surface area (Å²) in [4.78, 5) is 24.7. The molecule has 0 spiro atoms. The molecule has 3 fully saturated rings. The van der Waals surface area contributed by atoms with E-state index in [2.05, 4.69) is 13.8 Å². The van der Waals surface area contributed by atoms with Crippen molar-refractivity contribution in [3.63, 3.8) is 0 Å². The van der Waals surface area contributed by atoms with E-state index in [1.807, 2.05) is 27.7 Å². The maximum atomic E-state index is 12.4. The minimum atomic E-state index is -0.819. The normalized spacial score (nSPS) is 40.7. The van der Waals surface area contributed by atoms with Crippen molar-refractivity contribution >= 4 is 11.8 Å². The molecule has 3 aliphatic rings. The van der Waals surface area contributed by atoms with Gasteiger partial charge in [0, 0.05) is 17.8 Å². The Labute approximate surface area is 164 Å². The number of hydrogen-bond acceptors (Lipinski definition) is 4. The third kappa shape index (κ3) is 3.83. The second-order valence-electron chi connectivity index (χ2n) is 10.9. The Bertz CT molecular complexity index is 592. The second-order valence-corrected chi connectivity index (χ2v) is 10.9. The van der Waals surface area contributed by atoms with E-state index in [1.165, 1.54) is 12.8 Å². The third-order valence-electron chi connectivity index (χ3n) is 7.66. The number of fused-ring (bicyclic) bond motifs is 1. The molecule has 2 saturated carbocycles. The Kier molecular flexibility index (Phi) is 5.53. The van der Waals surface area contributed by atoms with Crippen LogP contribution in [0, 0.1) is 28.6 Å². The summed E-state index contributed by atoms with van der Waals surface area (Å²) < 4.78 is 11.5. The van der Waals surface area contributed by atoms with Gasteiger partial charge in [0.15, 0.2) is 5.60 Å². The largest absolute Gasteiger partial charge is 0.433 e. The maximum absolute atomic E-state index is 12.4. The van der Waals surface area contributed by atoms with Crippen molar-refractivity contribution in [3.05, 3.63) is 0 Å². The van der Waals surface area contributed by atoms with E-state index in [0.717, 1.165) is 32.1 Å². The average Bonchev–Trinajstić information content (AvgIpc) is 3.06. The van der Waals surface area contributed by atoms with Gasteiger partial charge in [-0.15, -0.1) is 0 Å². The van der Waals surface area contributed by atoms with Crippen LogP contribution in [-0.4, -0.2) is 23.6 Å². The second kappa shape index (κ2) is 7.17. The van der Waals surface area contributed by atoms with Crippen LogP contribution in [-0.2, 0) is 19.1 Å². The lowest BCUT2D eigenvalue weighted by Gasteiger charge is -2.42. The maximum Gasteiger partial charge on any atom is 0.340 e. The molecule has 0 radical (unpaired) electrons. The SMILES string of the molecule is C[C@H](CCC[C@@]1(C)O[C@H](C(C)(C)C)OC1=O)[C@H]1CC[C@H]2C(=O)CCC[C@]12C. The van der Waals surface area contributed by atoms with Gasteiger partial charge in [0.05, 0.1) is 0 Å². The van der Waals surface area contributed by atoms with E-state index in [-0.39, 0.29) is 22.7 Å². The number of rotatable bonds is 5. The predicted octanol–water partition coefficient (Wildman–Crippen LogP) is 5.28. The topological polar surface area (TPSA) is 52.6 Å². The van der Waals surface area contributed by atoms with Crippen molar-refractivity contribution < 1.29 is 19.1 Å². The van der Waals surface area contributed by atoms with Crippen LogP contribution < -0.4 is 0 Å². The molecule has 27 heavy (non-hydrogen) atoms. The Balaban J connectivity index is 1.55. The minimum Gasteiger partial charge on any atom is -0.433 e. The fourth-order valence-electron chi connectivity index (χ4n) is 5.91. The van der Waals surface area contributed by atoms with Crippen molar-refractivity contribution in [2.75, 3.05) is 0 Å². The smallest absolute Gasteiger partial charge is 0.340 e. The summed E-state index contributed by atoms with van der Waals surface area (Å²) in [5.74, 6) is 1.77.